The molecule has 2 rings (SSSR count). The molecule has 2 N–H and O–H groups in total. The Labute approximate surface area is 117 Å². The molecule has 8 nitrogen and oxygen atoms in total. The van der Waals surface area contributed by atoms with Gasteiger partial charge in [-0.05, 0) is 25.7 Å². The Kier molecular flexibility index (Phi) is 4.33. The number of rotatable bonds is 4. The van der Waals surface area contributed by atoms with Crippen LogP contribution >= 0.6 is 0 Å². The van der Waals surface area contributed by atoms with Gasteiger partial charge in [0, 0.05) is 19.1 Å². The molecule has 0 aromatic carbocycles. The Morgan fingerprint density at radius 1 is 1.60 bits per heavy atom. The molecule has 0 radical (unpaired) electrons. The average molecular weight is 281 g/mol. The molecule has 1 aliphatic heterocycles. The number of ether oxygens (including phenoxy) is 1. The summed E-state index contributed by atoms with van der Waals surface area (Å²) in [7, 11) is 1.36. The summed E-state index contributed by atoms with van der Waals surface area (Å²) in [6.07, 6.45) is 3.26. The van der Waals surface area contributed by atoms with Crippen molar-refractivity contribution in [2.45, 2.75) is 25.8 Å². The summed E-state index contributed by atoms with van der Waals surface area (Å²) in [4.78, 5) is 20.5. The molecule has 0 amide bonds. The molecule has 8 heteroatoms. The molecule has 0 spiro atoms. The maximum atomic E-state index is 11.3. The molecule has 110 valence electrons. The van der Waals surface area contributed by atoms with E-state index >= 15 is 0 Å². The molecule has 0 bridgehead atoms. The third kappa shape index (κ3) is 2.79. The van der Waals surface area contributed by atoms with Crippen LogP contribution in [0.3, 0.4) is 0 Å². The van der Waals surface area contributed by atoms with E-state index in [1.165, 1.54) is 13.4 Å². The quantitative estimate of drug-likeness (QED) is 0.646. The van der Waals surface area contributed by atoms with E-state index in [0.717, 1.165) is 19.4 Å². The molecule has 1 saturated heterocycles. The van der Waals surface area contributed by atoms with Crippen molar-refractivity contribution in [3.63, 3.8) is 0 Å². The van der Waals surface area contributed by atoms with Crippen LogP contribution in [0.25, 0.3) is 0 Å². The monoisotopic (exact) mass is 281 g/mol. The van der Waals surface area contributed by atoms with Gasteiger partial charge in [-0.25, -0.2) is 4.98 Å². The minimum atomic E-state index is -0.496. The summed E-state index contributed by atoms with van der Waals surface area (Å²) in [6, 6.07) is 0.0561. The van der Waals surface area contributed by atoms with Gasteiger partial charge in [-0.1, -0.05) is 0 Å². The number of hydrogen-bond acceptors (Lipinski definition) is 7. The standard InChI is InChI=1S/C12H19N5O3/c1-8(13)9-4-3-5-16(6-9)11-10(17(18)19)12(20-2)15-7-14-11/h7-9H,3-6,13H2,1-2H3. The van der Waals surface area contributed by atoms with E-state index in [9.17, 15) is 10.1 Å². The number of methoxy groups -OCH3 is 1. The van der Waals surface area contributed by atoms with Gasteiger partial charge in [-0.2, -0.15) is 4.98 Å². The van der Waals surface area contributed by atoms with Crippen molar-refractivity contribution < 1.29 is 9.66 Å². The van der Waals surface area contributed by atoms with Crippen molar-refractivity contribution in [2.75, 3.05) is 25.1 Å². The van der Waals surface area contributed by atoms with Crippen LogP contribution in [0, 0.1) is 16.0 Å². The Morgan fingerprint density at radius 3 is 2.95 bits per heavy atom. The highest BCUT2D eigenvalue weighted by Gasteiger charge is 2.31. The predicted octanol–water partition coefficient (Wildman–Crippen LogP) is 0.957. The van der Waals surface area contributed by atoms with Crippen molar-refractivity contribution >= 4 is 11.5 Å². The van der Waals surface area contributed by atoms with Gasteiger partial charge in [0.1, 0.15) is 6.33 Å². The number of nitro groups is 1. The van der Waals surface area contributed by atoms with Crippen LogP contribution < -0.4 is 15.4 Å². The zero-order chi connectivity index (χ0) is 14.7. The van der Waals surface area contributed by atoms with Gasteiger partial charge in [0.25, 0.3) is 5.88 Å². The minimum absolute atomic E-state index is 0.0112. The topological polar surface area (TPSA) is 107 Å². The molecule has 2 heterocycles. The second kappa shape index (κ2) is 6.00. The van der Waals surface area contributed by atoms with Crippen LogP contribution in [0.1, 0.15) is 19.8 Å². The van der Waals surface area contributed by atoms with Gasteiger partial charge >= 0.3 is 5.69 Å². The van der Waals surface area contributed by atoms with Gasteiger partial charge < -0.3 is 15.4 Å². The molecule has 20 heavy (non-hydrogen) atoms. The van der Waals surface area contributed by atoms with E-state index in [1.807, 2.05) is 11.8 Å². The Hall–Kier alpha value is -1.96. The predicted molar refractivity (Wildman–Crippen MR) is 73.8 cm³/mol. The SMILES string of the molecule is COc1ncnc(N2CCCC(C(C)N)C2)c1[N+](=O)[O-]. The van der Waals surface area contributed by atoms with Crippen LogP contribution in [-0.4, -0.2) is 41.1 Å². The summed E-state index contributed by atoms with van der Waals surface area (Å²) < 4.78 is 4.97. The maximum Gasteiger partial charge on any atom is 0.372 e. The molecule has 1 aliphatic rings. The number of aromatic nitrogens is 2. The number of hydrogen-bond donors (Lipinski definition) is 1. The lowest BCUT2D eigenvalue weighted by Crippen LogP contribution is -2.43. The average Bonchev–Trinajstić information content (AvgIpc) is 2.46. The zero-order valence-electron chi connectivity index (χ0n) is 11.7. The van der Waals surface area contributed by atoms with Crippen LogP contribution in [-0.2, 0) is 0 Å². The van der Waals surface area contributed by atoms with E-state index in [0.29, 0.717) is 18.3 Å². The van der Waals surface area contributed by atoms with Gasteiger partial charge in [0.05, 0.1) is 12.0 Å². The summed E-state index contributed by atoms with van der Waals surface area (Å²) in [5, 5.41) is 11.3. The normalized spacial score (nSPS) is 20.6. The Balaban J connectivity index is 2.34. The highest BCUT2D eigenvalue weighted by molar-refractivity contribution is 5.62. The van der Waals surface area contributed by atoms with E-state index < -0.39 is 4.92 Å². The summed E-state index contributed by atoms with van der Waals surface area (Å²) in [5.41, 5.74) is 5.76. The van der Waals surface area contributed by atoms with Crippen molar-refractivity contribution in [3.05, 3.63) is 16.4 Å². The smallest absolute Gasteiger partial charge is 0.372 e. The molecule has 0 saturated carbocycles. The van der Waals surface area contributed by atoms with E-state index in [4.69, 9.17) is 10.5 Å². The van der Waals surface area contributed by atoms with Gasteiger partial charge in [0.2, 0.25) is 5.82 Å². The van der Waals surface area contributed by atoms with Crippen molar-refractivity contribution in [1.82, 2.24) is 9.97 Å². The lowest BCUT2D eigenvalue weighted by atomic mass is 9.92. The van der Waals surface area contributed by atoms with E-state index in [1.54, 1.807) is 0 Å². The first-order valence-corrected chi connectivity index (χ1v) is 6.58. The number of nitrogens with two attached hydrogens (primary N) is 1. The van der Waals surface area contributed by atoms with Gasteiger partial charge in [0.15, 0.2) is 0 Å². The van der Waals surface area contributed by atoms with E-state index in [-0.39, 0.29) is 17.6 Å². The molecule has 2 atom stereocenters. The second-order valence-electron chi connectivity index (χ2n) is 5.02. The fraction of sp³-hybridized carbons (Fsp3) is 0.667. The zero-order valence-corrected chi connectivity index (χ0v) is 11.7. The molecule has 0 aliphatic carbocycles. The van der Waals surface area contributed by atoms with Crippen LogP contribution in [0.4, 0.5) is 11.5 Å². The molecular weight excluding hydrogens is 262 g/mol. The first-order chi connectivity index (χ1) is 9.54. The molecule has 1 aromatic rings. The van der Waals surface area contributed by atoms with Gasteiger partial charge in [-0.15, -0.1) is 0 Å². The first kappa shape index (κ1) is 14.4. The highest BCUT2D eigenvalue weighted by Crippen LogP contribution is 2.35. The summed E-state index contributed by atoms with van der Waals surface area (Å²) >= 11 is 0. The number of anilines is 1. The van der Waals surface area contributed by atoms with Gasteiger partial charge in [-0.3, -0.25) is 10.1 Å². The van der Waals surface area contributed by atoms with Crippen LogP contribution in [0.2, 0.25) is 0 Å². The first-order valence-electron chi connectivity index (χ1n) is 6.58. The van der Waals surface area contributed by atoms with Crippen molar-refractivity contribution in [2.24, 2.45) is 11.7 Å². The number of piperidine rings is 1. The molecule has 1 fully saturated rings. The lowest BCUT2D eigenvalue weighted by molar-refractivity contribution is -0.385. The molecular formula is C12H19N5O3. The maximum absolute atomic E-state index is 11.3. The largest absolute Gasteiger partial charge is 0.476 e. The lowest BCUT2D eigenvalue weighted by Gasteiger charge is -2.34. The third-order valence-corrected chi connectivity index (χ3v) is 3.65. The van der Waals surface area contributed by atoms with E-state index in [2.05, 4.69) is 9.97 Å². The third-order valence-electron chi connectivity index (χ3n) is 3.65. The Bertz CT molecular complexity index is 494. The summed E-state index contributed by atoms with van der Waals surface area (Å²) in [5.74, 6) is 0.611. The van der Waals surface area contributed by atoms with Crippen LogP contribution in [0.15, 0.2) is 6.33 Å². The number of nitrogens with zero attached hydrogens (tertiary/aromatic N) is 4. The van der Waals surface area contributed by atoms with Crippen molar-refractivity contribution in [1.29, 1.82) is 0 Å². The fourth-order valence-corrected chi connectivity index (χ4v) is 2.53. The van der Waals surface area contributed by atoms with Crippen molar-refractivity contribution in [3.8, 4) is 5.88 Å². The minimum Gasteiger partial charge on any atom is -0.476 e. The molecule has 2 unspecified atom stereocenters. The highest BCUT2D eigenvalue weighted by atomic mass is 16.6. The Morgan fingerprint density at radius 2 is 2.35 bits per heavy atom. The second-order valence-corrected chi connectivity index (χ2v) is 5.02. The summed E-state index contributed by atoms with van der Waals surface area (Å²) in [6.45, 7) is 3.35. The fourth-order valence-electron chi connectivity index (χ4n) is 2.53. The molecule has 1 aromatic heterocycles. The van der Waals surface area contributed by atoms with Crippen LogP contribution in [0.5, 0.6) is 5.88 Å².